The lowest BCUT2D eigenvalue weighted by molar-refractivity contribution is -0.0544. The van der Waals surface area contributed by atoms with Crippen LogP contribution in [-0.4, -0.2) is 6.61 Å². The molecule has 3 aromatic rings. The van der Waals surface area contributed by atoms with Crippen molar-refractivity contribution in [3.8, 4) is 16.9 Å². The van der Waals surface area contributed by atoms with Gasteiger partial charge in [0.05, 0.1) is 5.39 Å². The van der Waals surface area contributed by atoms with Gasteiger partial charge < -0.3 is 4.74 Å². The largest absolute Gasteiger partial charge is 0.429 e. The Balaban J connectivity index is 2.03. The molecular weight excluding hydrogens is 394 g/mol. The van der Waals surface area contributed by atoms with E-state index in [1.165, 1.54) is 18.2 Å². The molecule has 0 radical (unpaired) electrons. The number of unbranched alkanes of at least 4 members (excludes halogenated alkanes) is 2. The zero-order valence-corrected chi connectivity index (χ0v) is 15.5. The Kier molecular flexibility index (Phi) is 6.35. The average Bonchev–Trinajstić information content (AvgIpc) is 2.64. The van der Waals surface area contributed by atoms with Crippen LogP contribution < -0.4 is 4.74 Å². The van der Waals surface area contributed by atoms with Crippen LogP contribution in [0.25, 0.3) is 21.9 Å². The Labute approximate surface area is 163 Å². The van der Waals surface area contributed by atoms with E-state index in [1.807, 2.05) is 0 Å². The third-order valence-corrected chi connectivity index (χ3v) is 4.66. The van der Waals surface area contributed by atoms with E-state index < -0.39 is 41.0 Å². The van der Waals surface area contributed by atoms with Crippen molar-refractivity contribution in [3.63, 3.8) is 0 Å². The van der Waals surface area contributed by atoms with Gasteiger partial charge in [0, 0.05) is 5.56 Å². The average molecular weight is 412 g/mol. The summed E-state index contributed by atoms with van der Waals surface area (Å²) >= 11 is 0. The van der Waals surface area contributed by atoms with Gasteiger partial charge in [0.2, 0.25) is 0 Å². The van der Waals surface area contributed by atoms with Crippen LogP contribution in [0, 0.1) is 23.3 Å². The van der Waals surface area contributed by atoms with Crippen LogP contribution in [0.4, 0.5) is 26.3 Å². The zero-order valence-electron chi connectivity index (χ0n) is 15.5. The highest BCUT2D eigenvalue weighted by molar-refractivity contribution is 5.90. The van der Waals surface area contributed by atoms with Gasteiger partial charge >= 0.3 is 6.61 Å². The van der Waals surface area contributed by atoms with Crippen LogP contribution in [0.15, 0.2) is 36.4 Å². The molecule has 0 unspecified atom stereocenters. The number of ether oxygens (including phenoxy) is 1. The van der Waals surface area contributed by atoms with Crippen LogP contribution >= 0.6 is 0 Å². The molecule has 0 aromatic heterocycles. The summed E-state index contributed by atoms with van der Waals surface area (Å²) in [6.07, 6.45) is 3.68. The summed E-state index contributed by atoms with van der Waals surface area (Å²) < 4.78 is 86.0. The first-order valence-corrected chi connectivity index (χ1v) is 9.16. The van der Waals surface area contributed by atoms with Crippen molar-refractivity contribution in [1.29, 1.82) is 0 Å². The summed E-state index contributed by atoms with van der Waals surface area (Å²) in [6.45, 7) is -1.41. The van der Waals surface area contributed by atoms with E-state index >= 15 is 0 Å². The van der Waals surface area contributed by atoms with Crippen molar-refractivity contribution >= 4 is 10.8 Å². The van der Waals surface area contributed by atoms with E-state index in [-0.39, 0.29) is 16.5 Å². The molecule has 0 spiro atoms. The summed E-state index contributed by atoms with van der Waals surface area (Å²) in [4.78, 5) is 0. The smallest absolute Gasteiger partial charge is 0.387 e. The maximum atomic E-state index is 14.6. The first kappa shape index (κ1) is 21.0. The second-order valence-electron chi connectivity index (χ2n) is 6.71. The molecule has 0 aliphatic rings. The van der Waals surface area contributed by atoms with E-state index in [0.717, 1.165) is 30.9 Å². The van der Waals surface area contributed by atoms with Crippen LogP contribution in [0.1, 0.15) is 31.7 Å². The number of aryl methyl sites for hydroxylation is 1. The Bertz CT molecular complexity index is 1030. The van der Waals surface area contributed by atoms with Crippen molar-refractivity contribution in [1.82, 2.24) is 0 Å². The number of hydrogen-bond acceptors (Lipinski definition) is 1. The van der Waals surface area contributed by atoms with Crippen molar-refractivity contribution < 1.29 is 31.1 Å². The highest BCUT2D eigenvalue weighted by atomic mass is 19.3. The molecule has 0 saturated carbocycles. The normalized spacial score (nSPS) is 11.4. The molecule has 0 saturated heterocycles. The fourth-order valence-corrected chi connectivity index (χ4v) is 3.27. The fraction of sp³-hybridized carbons (Fsp3) is 0.273. The van der Waals surface area contributed by atoms with Gasteiger partial charge in [-0.15, -0.1) is 0 Å². The molecule has 154 valence electrons. The van der Waals surface area contributed by atoms with Crippen LogP contribution in [0.5, 0.6) is 5.75 Å². The van der Waals surface area contributed by atoms with Crippen LogP contribution in [0.2, 0.25) is 0 Å². The van der Waals surface area contributed by atoms with Crippen molar-refractivity contribution in [2.45, 2.75) is 39.2 Å². The van der Waals surface area contributed by atoms with Gasteiger partial charge in [-0.25, -0.2) is 17.6 Å². The summed E-state index contributed by atoms with van der Waals surface area (Å²) in [7, 11) is 0. The second-order valence-corrected chi connectivity index (χ2v) is 6.71. The Morgan fingerprint density at radius 2 is 1.62 bits per heavy atom. The molecule has 3 aromatic carbocycles. The maximum Gasteiger partial charge on any atom is 0.387 e. The van der Waals surface area contributed by atoms with E-state index in [4.69, 9.17) is 0 Å². The highest BCUT2D eigenvalue weighted by Gasteiger charge is 2.22. The molecule has 0 fully saturated rings. The van der Waals surface area contributed by atoms with Crippen molar-refractivity contribution in [2.24, 2.45) is 0 Å². The molecule has 0 atom stereocenters. The molecule has 0 amide bonds. The van der Waals surface area contributed by atoms with Gasteiger partial charge in [-0.1, -0.05) is 31.9 Å². The number of hydrogen-bond donors (Lipinski definition) is 0. The van der Waals surface area contributed by atoms with Gasteiger partial charge in [0.15, 0.2) is 17.4 Å². The predicted octanol–water partition coefficient (Wildman–Crippen LogP) is 7.40. The standard InChI is InChI=1S/C22H18F6O/c1-2-3-4-5-12-6-7-15(16(23)8-12)13-9-14-11-18(25)21(29-22(27)28)20(26)19(14)17(24)10-13/h6-11,22H,2-5H2,1H3. The summed E-state index contributed by atoms with van der Waals surface area (Å²) in [5, 5.41) is -0.939. The summed E-state index contributed by atoms with van der Waals surface area (Å²) in [6, 6.07) is 7.32. The van der Waals surface area contributed by atoms with Gasteiger partial charge in [-0.3, -0.25) is 0 Å². The molecule has 1 nitrogen and oxygen atoms in total. The second kappa shape index (κ2) is 8.76. The Morgan fingerprint density at radius 1 is 0.862 bits per heavy atom. The van der Waals surface area contributed by atoms with Crippen LogP contribution in [-0.2, 0) is 6.42 Å². The van der Waals surface area contributed by atoms with Gasteiger partial charge in [-0.05, 0) is 53.6 Å². The highest BCUT2D eigenvalue weighted by Crippen LogP contribution is 2.36. The summed E-state index contributed by atoms with van der Waals surface area (Å²) in [5.41, 5.74) is 0.944. The van der Waals surface area contributed by atoms with Crippen molar-refractivity contribution in [3.05, 3.63) is 65.2 Å². The molecule has 0 heterocycles. The molecule has 29 heavy (non-hydrogen) atoms. The molecular formula is C22H18F6O. The molecule has 3 rings (SSSR count). The monoisotopic (exact) mass is 412 g/mol. The zero-order chi connectivity index (χ0) is 21.1. The minimum atomic E-state index is -3.47. The minimum absolute atomic E-state index is 0.0683. The molecule has 0 aliphatic heterocycles. The molecule has 0 N–H and O–H groups in total. The first-order chi connectivity index (χ1) is 13.8. The lowest BCUT2D eigenvalue weighted by Gasteiger charge is -2.12. The lowest BCUT2D eigenvalue weighted by atomic mass is 9.97. The SMILES string of the molecule is CCCCCc1ccc(-c2cc(F)c3c(F)c(OC(F)F)c(F)cc3c2)c(F)c1. The predicted molar refractivity (Wildman–Crippen MR) is 99.1 cm³/mol. The molecule has 7 heteroatoms. The molecule has 0 aliphatic carbocycles. The van der Waals surface area contributed by atoms with Crippen LogP contribution in [0.3, 0.4) is 0 Å². The maximum absolute atomic E-state index is 14.6. The van der Waals surface area contributed by atoms with Gasteiger partial charge in [0.1, 0.15) is 11.6 Å². The van der Waals surface area contributed by atoms with E-state index in [9.17, 15) is 26.3 Å². The summed E-state index contributed by atoms with van der Waals surface area (Å²) in [5.74, 6) is -6.06. The number of halogens is 6. The number of fused-ring (bicyclic) bond motifs is 1. The number of alkyl halides is 2. The third kappa shape index (κ3) is 4.49. The Hall–Kier alpha value is -2.70. The fourth-order valence-electron chi connectivity index (χ4n) is 3.27. The topological polar surface area (TPSA) is 9.23 Å². The van der Waals surface area contributed by atoms with E-state index in [2.05, 4.69) is 11.7 Å². The molecule has 0 bridgehead atoms. The third-order valence-electron chi connectivity index (χ3n) is 4.66. The van der Waals surface area contributed by atoms with Crippen molar-refractivity contribution in [2.75, 3.05) is 0 Å². The first-order valence-electron chi connectivity index (χ1n) is 9.16. The minimum Gasteiger partial charge on any atom is -0.429 e. The van der Waals surface area contributed by atoms with Gasteiger partial charge in [-0.2, -0.15) is 8.78 Å². The quantitative estimate of drug-likeness (QED) is 0.290. The van der Waals surface area contributed by atoms with Gasteiger partial charge in [0.25, 0.3) is 0 Å². The van der Waals surface area contributed by atoms with E-state index in [1.54, 1.807) is 6.07 Å². The Morgan fingerprint density at radius 3 is 2.28 bits per heavy atom. The number of rotatable bonds is 7. The lowest BCUT2D eigenvalue weighted by Crippen LogP contribution is -2.06. The number of benzene rings is 3. The van der Waals surface area contributed by atoms with E-state index in [0.29, 0.717) is 12.5 Å².